The topological polar surface area (TPSA) is 60.7 Å². The van der Waals surface area contributed by atoms with Crippen LogP contribution < -0.4 is 14.8 Å². The van der Waals surface area contributed by atoms with Crippen LogP contribution in [0.5, 0.6) is 11.5 Å². The molecule has 3 aromatic carbocycles. The number of rotatable bonds is 5. The minimum Gasteiger partial charge on any atom is -0.497 e. The Kier molecular flexibility index (Phi) is 4.42. The van der Waals surface area contributed by atoms with Gasteiger partial charge < -0.3 is 19.2 Å². The Labute approximate surface area is 156 Å². The normalized spacial score (nSPS) is 10.9. The van der Waals surface area contributed by atoms with Crippen LogP contribution in [-0.4, -0.2) is 20.1 Å². The highest BCUT2D eigenvalue weighted by Crippen LogP contribution is 2.30. The smallest absolute Gasteiger partial charge is 0.228 e. The molecule has 0 unspecified atom stereocenters. The van der Waals surface area contributed by atoms with Gasteiger partial charge in [-0.05, 0) is 36.4 Å². The second-order valence-corrected chi connectivity index (χ2v) is 6.21. The van der Waals surface area contributed by atoms with Crippen molar-refractivity contribution < 1.29 is 18.7 Å². The number of para-hydroxylation sites is 1. The maximum atomic E-state index is 12.5. The molecule has 0 atom stereocenters. The van der Waals surface area contributed by atoms with E-state index in [4.69, 9.17) is 13.9 Å². The number of amides is 1. The molecule has 0 radical (unpaired) electrons. The van der Waals surface area contributed by atoms with Crippen molar-refractivity contribution in [3.63, 3.8) is 0 Å². The Hall–Kier alpha value is -3.47. The van der Waals surface area contributed by atoms with Crippen LogP contribution >= 0.6 is 0 Å². The SMILES string of the molecule is COc1ccc(OC)c(CC(=O)Nc2ccc3c(c2)oc2ccccc23)c1. The summed E-state index contributed by atoms with van der Waals surface area (Å²) in [6, 6.07) is 19.0. The second-order valence-electron chi connectivity index (χ2n) is 6.21. The summed E-state index contributed by atoms with van der Waals surface area (Å²) in [7, 11) is 3.17. The zero-order valence-electron chi connectivity index (χ0n) is 15.1. The molecule has 0 aliphatic rings. The molecule has 1 N–H and O–H groups in total. The minimum absolute atomic E-state index is 0.142. The number of furan rings is 1. The Morgan fingerprint density at radius 2 is 1.74 bits per heavy atom. The van der Waals surface area contributed by atoms with Crippen molar-refractivity contribution in [3.8, 4) is 11.5 Å². The molecule has 0 fully saturated rings. The molecule has 4 aromatic rings. The molecule has 0 spiro atoms. The number of anilines is 1. The number of fused-ring (bicyclic) bond motifs is 3. The van der Waals surface area contributed by atoms with Gasteiger partial charge in [-0.15, -0.1) is 0 Å². The van der Waals surface area contributed by atoms with Crippen molar-refractivity contribution in [2.45, 2.75) is 6.42 Å². The van der Waals surface area contributed by atoms with Gasteiger partial charge in [0.15, 0.2) is 0 Å². The van der Waals surface area contributed by atoms with Crippen LogP contribution in [0.4, 0.5) is 5.69 Å². The summed E-state index contributed by atoms with van der Waals surface area (Å²) in [6.45, 7) is 0. The molecular formula is C22H19NO4. The molecule has 1 heterocycles. The van der Waals surface area contributed by atoms with Crippen LogP contribution in [0.15, 0.2) is 65.1 Å². The summed E-state index contributed by atoms with van der Waals surface area (Å²) in [5.41, 5.74) is 3.03. The first-order chi connectivity index (χ1) is 13.2. The summed E-state index contributed by atoms with van der Waals surface area (Å²) >= 11 is 0. The van der Waals surface area contributed by atoms with E-state index < -0.39 is 0 Å². The van der Waals surface area contributed by atoms with Gasteiger partial charge in [0.05, 0.1) is 20.6 Å². The van der Waals surface area contributed by atoms with Crippen molar-refractivity contribution in [1.82, 2.24) is 0 Å². The van der Waals surface area contributed by atoms with Gasteiger partial charge in [-0.25, -0.2) is 0 Å². The van der Waals surface area contributed by atoms with E-state index in [1.807, 2.05) is 42.5 Å². The highest BCUT2D eigenvalue weighted by molar-refractivity contribution is 6.06. The molecule has 5 heteroatoms. The van der Waals surface area contributed by atoms with Crippen LogP contribution in [0.2, 0.25) is 0 Å². The highest BCUT2D eigenvalue weighted by atomic mass is 16.5. The lowest BCUT2D eigenvalue weighted by Gasteiger charge is -2.11. The second kappa shape index (κ2) is 7.03. The van der Waals surface area contributed by atoms with Crippen molar-refractivity contribution in [2.75, 3.05) is 19.5 Å². The number of ether oxygens (including phenoxy) is 2. The van der Waals surface area contributed by atoms with Crippen molar-refractivity contribution in [1.29, 1.82) is 0 Å². The van der Waals surface area contributed by atoms with E-state index in [1.54, 1.807) is 32.4 Å². The van der Waals surface area contributed by atoms with Gasteiger partial charge in [-0.2, -0.15) is 0 Å². The first-order valence-corrected chi connectivity index (χ1v) is 8.60. The fourth-order valence-corrected chi connectivity index (χ4v) is 3.20. The molecule has 136 valence electrons. The Morgan fingerprint density at radius 3 is 2.56 bits per heavy atom. The van der Waals surface area contributed by atoms with Gasteiger partial charge >= 0.3 is 0 Å². The molecule has 0 aliphatic heterocycles. The number of benzene rings is 3. The van der Waals surface area contributed by atoms with Gasteiger partial charge in [0, 0.05) is 28.1 Å². The quantitative estimate of drug-likeness (QED) is 0.555. The summed E-state index contributed by atoms with van der Waals surface area (Å²) in [4.78, 5) is 12.5. The molecule has 0 aliphatic carbocycles. The summed E-state index contributed by atoms with van der Waals surface area (Å²) < 4.78 is 16.4. The fourth-order valence-electron chi connectivity index (χ4n) is 3.20. The van der Waals surface area contributed by atoms with E-state index in [1.165, 1.54) is 0 Å². The largest absolute Gasteiger partial charge is 0.497 e. The number of carbonyl (C=O) groups is 1. The fraction of sp³-hybridized carbons (Fsp3) is 0.136. The zero-order chi connectivity index (χ0) is 18.8. The molecule has 1 aromatic heterocycles. The van der Waals surface area contributed by atoms with Crippen molar-refractivity contribution in [3.05, 3.63) is 66.2 Å². The van der Waals surface area contributed by atoms with Gasteiger partial charge in [0.25, 0.3) is 0 Å². The standard InChI is InChI=1S/C22H19NO4/c1-25-16-8-10-19(26-2)14(11-16)12-22(24)23-15-7-9-18-17-5-3-4-6-20(17)27-21(18)13-15/h3-11,13H,12H2,1-2H3,(H,23,24). The van der Waals surface area contributed by atoms with Crippen LogP contribution in [0.25, 0.3) is 21.9 Å². The number of carbonyl (C=O) groups excluding carboxylic acids is 1. The van der Waals surface area contributed by atoms with E-state index in [0.29, 0.717) is 17.2 Å². The third-order valence-corrected chi connectivity index (χ3v) is 4.50. The Bertz CT molecular complexity index is 1130. The molecule has 27 heavy (non-hydrogen) atoms. The summed E-state index contributed by atoms with van der Waals surface area (Å²) in [6.07, 6.45) is 0.179. The maximum absolute atomic E-state index is 12.5. The molecule has 0 bridgehead atoms. The molecule has 4 rings (SSSR count). The van der Waals surface area contributed by atoms with Crippen LogP contribution in [0.3, 0.4) is 0 Å². The highest BCUT2D eigenvalue weighted by Gasteiger charge is 2.12. The number of hydrogen-bond donors (Lipinski definition) is 1. The zero-order valence-corrected chi connectivity index (χ0v) is 15.1. The lowest BCUT2D eigenvalue weighted by Crippen LogP contribution is -2.15. The Balaban J connectivity index is 1.57. The molecule has 0 saturated heterocycles. The molecule has 5 nitrogen and oxygen atoms in total. The lowest BCUT2D eigenvalue weighted by molar-refractivity contribution is -0.115. The molecule has 1 amide bonds. The van der Waals surface area contributed by atoms with Crippen LogP contribution in [0, 0.1) is 0 Å². The van der Waals surface area contributed by atoms with E-state index in [-0.39, 0.29) is 12.3 Å². The van der Waals surface area contributed by atoms with E-state index >= 15 is 0 Å². The average molecular weight is 361 g/mol. The van der Waals surface area contributed by atoms with Crippen molar-refractivity contribution in [2.24, 2.45) is 0 Å². The third kappa shape index (κ3) is 3.31. The van der Waals surface area contributed by atoms with Gasteiger partial charge in [-0.3, -0.25) is 4.79 Å². The predicted molar refractivity (Wildman–Crippen MR) is 106 cm³/mol. The van der Waals surface area contributed by atoms with Gasteiger partial charge in [0.2, 0.25) is 5.91 Å². The maximum Gasteiger partial charge on any atom is 0.228 e. The molecular weight excluding hydrogens is 342 g/mol. The predicted octanol–water partition coefficient (Wildman–Crippen LogP) is 4.78. The van der Waals surface area contributed by atoms with Crippen LogP contribution in [0.1, 0.15) is 5.56 Å². The van der Waals surface area contributed by atoms with Crippen molar-refractivity contribution >= 4 is 33.5 Å². The van der Waals surface area contributed by atoms with Gasteiger partial charge in [0.1, 0.15) is 22.7 Å². The number of methoxy groups -OCH3 is 2. The minimum atomic E-state index is -0.142. The van der Waals surface area contributed by atoms with E-state index in [9.17, 15) is 4.79 Å². The number of nitrogens with one attached hydrogen (secondary N) is 1. The third-order valence-electron chi connectivity index (χ3n) is 4.50. The average Bonchev–Trinajstić information content (AvgIpc) is 3.05. The summed E-state index contributed by atoms with van der Waals surface area (Å²) in [5.74, 6) is 1.19. The Morgan fingerprint density at radius 1 is 0.926 bits per heavy atom. The van der Waals surface area contributed by atoms with E-state index in [2.05, 4.69) is 5.32 Å². The van der Waals surface area contributed by atoms with Gasteiger partial charge in [-0.1, -0.05) is 18.2 Å². The summed E-state index contributed by atoms with van der Waals surface area (Å²) in [5, 5.41) is 5.01. The number of hydrogen-bond acceptors (Lipinski definition) is 4. The lowest BCUT2D eigenvalue weighted by atomic mass is 10.1. The molecule has 0 saturated carbocycles. The first-order valence-electron chi connectivity index (χ1n) is 8.60. The monoisotopic (exact) mass is 361 g/mol. The first kappa shape index (κ1) is 17.0. The van der Waals surface area contributed by atoms with E-state index in [0.717, 1.165) is 27.5 Å². The van der Waals surface area contributed by atoms with Crippen LogP contribution in [-0.2, 0) is 11.2 Å².